The molecule has 4 unspecified atom stereocenters. The van der Waals surface area contributed by atoms with Crippen LogP contribution in [-0.2, 0) is 14.3 Å². The van der Waals surface area contributed by atoms with Crippen molar-refractivity contribution in [1.82, 2.24) is 0 Å². The summed E-state index contributed by atoms with van der Waals surface area (Å²) >= 11 is 0. The molecule has 18 heavy (non-hydrogen) atoms. The van der Waals surface area contributed by atoms with Crippen LogP contribution in [0.5, 0.6) is 0 Å². The van der Waals surface area contributed by atoms with Crippen LogP contribution in [0.2, 0.25) is 0 Å². The highest BCUT2D eigenvalue weighted by Crippen LogP contribution is 2.47. The largest absolute Gasteiger partial charge is 0.375 e. The first-order valence-corrected chi connectivity index (χ1v) is 7.59. The molecule has 3 saturated heterocycles. The molecule has 3 heteroatoms. The Morgan fingerprint density at radius 3 is 2.67 bits per heavy atom. The molecule has 4 aliphatic rings. The number of hydrogen-bond acceptors (Lipinski definition) is 3. The predicted octanol–water partition coefficient (Wildman–Crippen LogP) is 2.47. The molecule has 0 aromatic carbocycles. The van der Waals surface area contributed by atoms with Gasteiger partial charge in [0.15, 0.2) is 0 Å². The Labute approximate surface area is 108 Å². The van der Waals surface area contributed by atoms with Crippen molar-refractivity contribution < 1.29 is 14.3 Å². The highest BCUT2D eigenvalue weighted by Gasteiger charge is 2.49. The Kier molecular flexibility index (Phi) is 2.56. The zero-order valence-corrected chi connectivity index (χ0v) is 10.9. The summed E-state index contributed by atoms with van der Waals surface area (Å²) in [7, 11) is 0. The summed E-state index contributed by atoms with van der Waals surface area (Å²) in [6, 6.07) is 0. The van der Waals surface area contributed by atoms with E-state index in [1.54, 1.807) is 0 Å². The van der Waals surface area contributed by atoms with Crippen LogP contribution in [0.25, 0.3) is 0 Å². The van der Waals surface area contributed by atoms with Gasteiger partial charge in [0, 0.05) is 18.4 Å². The Bertz CT molecular complexity index is 361. The minimum atomic E-state index is 0.0943. The third-order valence-electron chi connectivity index (χ3n) is 5.63. The van der Waals surface area contributed by atoms with E-state index in [4.69, 9.17) is 9.47 Å². The van der Waals surface area contributed by atoms with Crippen LogP contribution in [0.4, 0.5) is 0 Å². The number of ether oxygens (including phenoxy) is 2. The lowest BCUT2D eigenvalue weighted by Gasteiger charge is -2.47. The molecule has 0 amide bonds. The van der Waals surface area contributed by atoms with Gasteiger partial charge in [0.05, 0.1) is 17.8 Å². The van der Waals surface area contributed by atoms with Crippen LogP contribution >= 0.6 is 0 Å². The van der Waals surface area contributed by atoms with E-state index >= 15 is 0 Å². The van der Waals surface area contributed by atoms with Gasteiger partial charge in [-0.1, -0.05) is 0 Å². The third-order valence-corrected chi connectivity index (χ3v) is 5.63. The summed E-state index contributed by atoms with van der Waals surface area (Å²) in [4.78, 5) is 12.7. The van der Waals surface area contributed by atoms with Gasteiger partial charge >= 0.3 is 0 Å². The molecular formula is C15H22O3. The SMILES string of the molecule is O=C(C1CCOC2(CCC2)C1)C1CC2CCC1O2. The van der Waals surface area contributed by atoms with Crippen molar-refractivity contribution in [3.63, 3.8) is 0 Å². The smallest absolute Gasteiger partial charge is 0.141 e. The first-order valence-electron chi connectivity index (χ1n) is 7.59. The lowest BCUT2D eigenvalue weighted by atomic mass is 9.69. The predicted molar refractivity (Wildman–Crippen MR) is 66.3 cm³/mol. The maximum absolute atomic E-state index is 12.7. The second kappa shape index (κ2) is 4.04. The fraction of sp³-hybridized carbons (Fsp3) is 0.933. The molecular weight excluding hydrogens is 228 g/mol. The summed E-state index contributed by atoms with van der Waals surface area (Å²) in [6.07, 6.45) is 9.46. The second-order valence-electron chi connectivity index (χ2n) is 6.69. The fourth-order valence-electron chi connectivity index (χ4n) is 4.43. The van der Waals surface area contributed by atoms with Crippen molar-refractivity contribution in [1.29, 1.82) is 0 Å². The van der Waals surface area contributed by atoms with Gasteiger partial charge in [-0.15, -0.1) is 0 Å². The molecule has 0 aromatic rings. The average molecular weight is 250 g/mol. The molecule has 3 heterocycles. The van der Waals surface area contributed by atoms with Gasteiger partial charge in [-0.3, -0.25) is 4.79 Å². The van der Waals surface area contributed by atoms with E-state index in [2.05, 4.69) is 0 Å². The molecule has 1 aliphatic carbocycles. The van der Waals surface area contributed by atoms with Crippen LogP contribution in [0.15, 0.2) is 0 Å². The van der Waals surface area contributed by atoms with Crippen LogP contribution in [0.1, 0.15) is 51.4 Å². The summed E-state index contributed by atoms with van der Waals surface area (Å²) in [5.41, 5.74) is 0.0943. The second-order valence-corrected chi connectivity index (χ2v) is 6.69. The minimum absolute atomic E-state index is 0.0943. The monoisotopic (exact) mass is 250 g/mol. The molecule has 4 rings (SSSR count). The normalized spacial score (nSPS) is 45.1. The maximum Gasteiger partial charge on any atom is 0.141 e. The third kappa shape index (κ3) is 1.67. The van der Waals surface area contributed by atoms with Crippen molar-refractivity contribution in [2.75, 3.05) is 6.61 Å². The van der Waals surface area contributed by atoms with E-state index in [0.29, 0.717) is 11.9 Å². The Hall–Kier alpha value is -0.410. The summed E-state index contributed by atoms with van der Waals surface area (Å²) in [5.74, 6) is 0.966. The van der Waals surface area contributed by atoms with E-state index in [1.807, 2.05) is 0 Å². The summed E-state index contributed by atoms with van der Waals surface area (Å²) in [5, 5.41) is 0. The van der Waals surface area contributed by atoms with Crippen LogP contribution < -0.4 is 0 Å². The van der Waals surface area contributed by atoms with Gasteiger partial charge in [0.1, 0.15) is 5.78 Å². The van der Waals surface area contributed by atoms with Gasteiger partial charge < -0.3 is 9.47 Å². The number of Topliss-reactive ketones (excluding diaryl/α,β-unsaturated/α-hetero) is 1. The first-order chi connectivity index (χ1) is 8.76. The van der Waals surface area contributed by atoms with Gasteiger partial charge in [-0.2, -0.15) is 0 Å². The number of ketones is 1. The van der Waals surface area contributed by atoms with Crippen LogP contribution in [0, 0.1) is 11.8 Å². The van der Waals surface area contributed by atoms with Crippen LogP contribution in [-0.4, -0.2) is 30.2 Å². The molecule has 4 fully saturated rings. The van der Waals surface area contributed by atoms with Crippen molar-refractivity contribution in [2.24, 2.45) is 11.8 Å². The lowest BCUT2D eigenvalue weighted by molar-refractivity contribution is -0.158. The summed E-state index contributed by atoms with van der Waals surface area (Å²) in [6.45, 7) is 0.790. The Morgan fingerprint density at radius 1 is 1.17 bits per heavy atom. The van der Waals surface area contributed by atoms with E-state index in [-0.39, 0.29) is 23.5 Å². The standard InChI is InChI=1S/C15H22O3/c16-14(12-8-11-2-3-13(12)18-11)10-4-7-17-15(9-10)5-1-6-15/h10-13H,1-9H2. The molecule has 3 aliphatic heterocycles. The van der Waals surface area contributed by atoms with Crippen molar-refractivity contribution in [3.8, 4) is 0 Å². The number of carbonyl (C=O) groups is 1. The molecule has 4 atom stereocenters. The van der Waals surface area contributed by atoms with E-state index in [0.717, 1.165) is 32.3 Å². The lowest BCUT2D eigenvalue weighted by Crippen LogP contribution is -2.48. The zero-order chi connectivity index (χ0) is 12.2. The van der Waals surface area contributed by atoms with E-state index < -0.39 is 0 Å². The molecule has 0 N–H and O–H groups in total. The van der Waals surface area contributed by atoms with Crippen molar-refractivity contribution in [2.45, 2.75) is 69.2 Å². The first kappa shape index (κ1) is 11.4. The number of rotatable bonds is 2. The summed E-state index contributed by atoms with van der Waals surface area (Å²) < 4.78 is 11.8. The molecule has 0 radical (unpaired) electrons. The number of hydrogen-bond donors (Lipinski definition) is 0. The maximum atomic E-state index is 12.7. The molecule has 3 nitrogen and oxygen atoms in total. The topological polar surface area (TPSA) is 35.5 Å². The Balaban J connectivity index is 1.44. The van der Waals surface area contributed by atoms with Gasteiger partial charge in [0.25, 0.3) is 0 Å². The molecule has 1 spiro atoms. The fourth-order valence-corrected chi connectivity index (χ4v) is 4.43. The number of carbonyl (C=O) groups excluding carboxylic acids is 1. The van der Waals surface area contributed by atoms with Gasteiger partial charge in [0.2, 0.25) is 0 Å². The highest BCUT2D eigenvalue weighted by molar-refractivity contribution is 5.84. The van der Waals surface area contributed by atoms with E-state index in [9.17, 15) is 4.79 Å². The molecule has 100 valence electrons. The van der Waals surface area contributed by atoms with Crippen LogP contribution in [0.3, 0.4) is 0 Å². The molecule has 0 aromatic heterocycles. The quantitative estimate of drug-likeness (QED) is 0.755. The molecule has 1 saturated carbocycles. The van der Waals surface area contributed by atoms with Crippen molar-refractivity contribution in [3.05, 3.63) is 0 Å². The average Bonchev–Trinajstić information content (AvgIpc) is 2.98. The van der Waals surface area contributed by atoms with Crippen molar-refractivity contribution >= 4 is 5.78 Å². The van der Waals surface area contributed by atoms with E-state index in [1.165, 1.54) is 25.7 Å². The number of fused-ring (bicyclic) bond motifs is 2. The van der Waals surface area contributed by atoms with Gasteiger partial charge in [-0.05, 0) is 51.4 Å². The van der Waals surface area contributed by atoms with Gasteiger partial charge in [-0.25, -0.2) is 0 Å². The minimum Gasteiger partial charge on any atom is -0.375 e. The highest BCUT2D eigenvalue weighted by atomic mass is 16.5. The zero-order valence-electron chi connectivity index (χ0n) is 10.9. The molecule has 2 bridgehead atoms. The Morgan fingerprint density at radius 2 is 2.06 bits per heavy atom.